The second-order valence-corrected chi connectivity index (χ2v) is 5.33. The summed E-state index contributed by atoms with van der Waals surface area (Å²) in [6.45, 7) is 7.22. The average Bonchev–Trinajstić information content (AvgIpc) is 2.26. The van der Waals surface area contributed by atoms with Gasteiger partial charge in [-0.15, -0.1) is 0 Å². The third-order valence-corrected chi connectivity index (χ3v) is 4.29. The second kappa shape index (κ2) is 6.52. The van der Waals surface area contributed by atoms with Gasteiger partial charge in [0.05, 0.1) is 0 Å². The van der Waals surface area contributed by atoms with Gasteiger partial charge in [0.15, 0.2) is 0 Å². The molecule has 1 nitrogen and oxygen atoms in total. The molecule has 0 amide bonds. The first-order valence-corrected chi connectivity index (χ1v) is 6.97. The van der Waals surface area contributed by atoms with E-state index >= 15 is 0 Å². The molecule has 0 heterocycles. The first kappa shape index (κ1) is 12.1. The van der Waals surface area contributed by atoms with Crippen LogP contribution < -0.4 is 5.32 Å². The Morgan fingerprint density at radius 3 is 2.50 bits per heavy atom. The molecule has 0 aromatic rings. The van der Waals surface area contributed by atoms with E-state index in [-0.39, 0.29) is 0 Å². The monoisotopic (exact) mass is 213 g/mol. The molecule has 0 aromatic carbocycles. The van der Waals surface area contributed by atoms with Crippen LogP contribution in [-0.2, 0) is 0 Å². The van der Waals surface area contributed by atoms with Gasteiger partial charge in [-0.1, -0.05) is 19.1 Å². The Kier molecular flexibility index (Phi) is 5.64. The maximum Gasteiger partial charge on any atom is 0.0164 e. The van der Waals surface area contributed by atoms with E-state index in [9.17, 15) is 0 Å². The summed E-state index contributed by atoms with van der Waals surface area (Å²) in [5.74, 6) is 0. The number of hydrogen-bond donors (Lipinski definition) is 1. The fourth-order valence-corrected chi connectivity index (χ4v) is 2.66. The average molecular weight is 213 g/mol. The van der Waals surface area contributed by atoms with Gasteiger partial charge in [-0.25, -0.2) is 0 Å². The number of nitrogens with one attached hydrogen (secondary N) is 1. The summed E-state index contributed by atoms with van der Waals surface area (Å²) in [5, 5.41) is 4.53. The lowest BCUT2D eigenvalue weighted by Gasteiger charge is -2.28. The van der Waals surface area contributed by atoms with Crippen LogP contribution in [0.25, 0.3) is 0 Å². The summed E-state index contributed by atoms with van der Waals surface area (Å²) >= 11 is 2.03. The highest BCUT2D eigenvalue weighted by Gasteiger charge is 2.19. The minimum atomic E-state index is 0.752. The van der Waals surface area contributed by atoms with Crippen LogP contribution in [0.1, 0.15) is 39.0 Å². The molecule has 0 bridgehead atoms. The number of hydrogen-bond acceptors (Lipinski definition) is 2. The SMILES string of the molecule is C=C(CC)CNC1CCC(SC)CC1. The maximum atomic E-state index is 4.02. The van der Waals surface area contributed by atoms with E-state index in [2.05, 4.69) is 25.1 Å². The van der Waals surface area contributed by atoms with E-state index in [1.807, 2.05) is 11.8 Å². The van der Waals surface area contributed by atoms with Crippen LogP contribution in [0.4, 0.5) is 0 Å². The van der Waals surface area contributed by atoms with Gasteiger partial charge in [0.1, 0.15) is 0 Å². The first-order chi connectivity index (χ1) is 6.76. The zero-order chi connectivity index (χ0) is 10.4. The highest BCUT2D eigenvalue weighted by Crippen LogP contribution is 2.26. The van der Waals surface area contributed by atoms with E-state index in [4.69, 9.17) is 0 Å². The third kappa shape index (κ3) is 4.05. The van der Waals surface area contributed by atoms with Crippen LogP contribution in [-0.4, -0.2) is 24.1 Å². The Balaban J connectivity index is 2.13. The van der Waals surface area contributed by atoms with E-state index in [1.165, 1.54) is 31.3 Å². The van der Waals surface area contributed by atoms with Crippen LogP contribution >= 0.6 is 11.8 Å². The van der Waals surface area contributed by atoms with Crippen molar-refractivity contribution in [3.05, 3.63) is 12.2 Å². The van der Waals surface area contributed by atoms with E-state index in [0.29, 0.717) is 0 Å². The molecule has 2 heteroatoms. The van der Waals surface area contributed by atoms with E-state index in [1.54, 1.807) is 0 Å². The standard InChI is InChI=1S/C12H23NS/c1-4-10(2)9-13-11-5-7-12(14-3)8-6-11/h11-13H,2,4-9H2,1,3H3. The molecule has 1 aliphatic rings. The van der Waals surface area contributed by atoms with Gasteiger partial charge in [-0.05, 0) is 38.4 Å². The smallest absolute Gasteiger partial charge is 0.0164 e. The lowest BCUT2D eigenvalue weighted by Crippen LogP contribution is -2.34. The van der Waals surface area contributed by atoms with Crippen molar-refractivity contribution in [1.29, 1.82) is 0 Å². The maximum absolute atomic E-state index is 4.02. The molecule has 1 saturated carbocycles. The normalized spacial score (nSPS) is 27.6. The summed E-state index contributed by atoms with van der Waals surface area (Å²) in [5.41, 5.74) is 1.33. The van der Waals surface area contributed by atoms with Crippen molar-refractivity contribution in [3.8, 4) is 0 Å². The van der Waals surface area contributed by atoms with Crippen LogP contribution in [0.3, 0.4) is 0 Å². The zero-order valence-electron chi connectivity index (χ0n) is 9.51. The van der Waals surface area contributed by atoms with Crippen molar-refractivity contribution in [2.75, 3.05) is 12.8 Å². The largest absolute Gasteiger partial charge is 0.310 e. The van der Waals surface area contributed by atoms with Crippen molar-refractivity contribution < 1.29 is 0 Å². The molecule has 0 aliphatic heterocycles. The molecular weight excluding hydrogens is 190 g/mol. The number of rotatable bonds is 5. The summed E-state index contributed by atoms with van der Waals surface area (Å²) < 4.78 is 0. The van der Waals surface area contributed by atoms with Crippen molar-refractivity contribution in [1.82, 2.24) is 5.32 Å². The molecule has 0 aromatic heterocycles. The van der Waals surface area contributed by atoms with E-state index in [0.717, 1.165) is 24.3 Å². The van der Waals surface area contributed by atoms with Gasteiger partial charge in [-0.2, -0.15) is 11.8 Å². The Hall–Kier alpha value is 0.0500. The Labute approximate surface area is 92.7 Å². The Bertz CT molecular complexity index is 171. The van der Waals surface area contributed by atoms with Gasteiger partial charge < -0.3 is 5.32 Å². The summed E-state index contributed by atoms with van der Waals surface area (Å²) in [7, 11) is 0. The predicted molar refractivity (Wildman–Crippen MR) is 67.0 cm³/mol. The fraction of sp³-hybridized carbons (Fsp3) is 0.833. The fourth-order valence-electron chi connectivity index (χ4n) is 1.92. The molecule has 0 spiro atoms. The predicted octanol–water partition coefficient (Wildman–Crippen LogP) is 3.22. The molecule has 1 aliphatic carbocycles. The molecule has 1 N–H and O–H groups in total. The lowest BCUT2D eigenvalue weighted by atomic mass is 9.95. The Morgan fingerprint density at radius 2 is 2.00 bits per heavy atom. The summed E-state index contributed by atoms with van der Waals surface area (Å²) in [4.78, 5) is 0. The first-order valence-electron chi connectivity index (χ1n) is 5.69. The van der Waals surface area contributed by atoms with Crippen LogP contribution in [0.2, 0.25) is 0 Å². The highest BCUT2D eigenvalue weighted by atomic mass is 32.2. The zero-order valence-corrected chi connectivity index (χ0v) is 10.3. The van der Waals surface area contributed by atoms with Crippen molar-refractivity contribution >= 4 is 11.8 Å². The molecule has 14 heavy (non-hydrogen) atoms. The minimum absolute atomic E-state index is 0.752. The molecular formula is C12H23NS. The Morgan fingerprint density at radius 1 is 1.36 bits per heavy atom. The van der Waals surface area contributed by atoms with Gasteiger partial charge in [0.2, 0.25) is 0 Å². The van der Waals surface area contributed by atoms with Crippen LogP contribution in [0.5, 0.6) is 0 Å². The molecule has 0 radical (unpaired) electrons. The second-order valence-electron chi connectivity index (χ2n) is 4.19. The van der Waals surface area contributed by atoms with Crippen molar-refractivity contribution in [3.63, 3.8) is 0 Å². The minimum Gasteiger partial charge on any atom is -0.310 e. The van der Waals surface area contributed by atoms with Crippen molar-refractivity contribution in [2.24, 2.45) is 0 Å². The van der Waals surface area contributed by atoms with Gasteiger partial charge in [-0.3, -0.25) is 0 Å². The molecule has 1 rings (SSSR count). The molecule has 0 atom stereocenters. The van der Waals surface area contributed by atoms with Crippen molar-refractivity contribution in [2.45, 2.75) is 50.3 Å². The van der Waals surface area contributed by atoms with Gasteiger partial charge in [0, 0.05) is 17.8 Å². The van der Waals surface area contributed by atoms with Crippen LogP contribution in [0.15, 0.2) is 12.2 Å². The molecule has 82 valence electrons. The van der Waals surface area contributed by atoms with Gasteiger partial charge in [0.25, 0.3) is 0 Å². The quantitative estimate of drug-likeness (QED) is 0.704. The lowest BCUT2D eigenvalue weighted by molar-refractivity contribution is 0.389. The highest BCUT2D eigenvalue weighted by molar-refractivity contribution is 7.99. The summed E-state index contributed by atoms with van der Waals surface area (Å²) in [6, 6.07) is 0.752. The topological polar surface area (TPSA) is 12.0 Å². The van der Waals surface area contributed by atoms with E-state index < -0.39 is 0 Å². The van der Waals surface area contributed by atoms with Crippen LogP contribution in [0, 0.1) is 0 Å². The molecule has 1 fully saturated rings. The number of thioether (sulfide) groups is 1. The third-order valence-electron chi connectivity index (χ3n) is 3.15. The summed E-state index contributed by atoms with van der Waals surface area (Å²) in [6.07, 6.45) is 8.81. The molecule has 0 unspecified atom stereocenters. The molecule has 0 saturated heterocycles. The van der Waals surface area contributed by atoms with Gasteiger partial charge >= 0.3 is 0 Å².